The predicted octanol–water partition coefficient (Wildman–Crippen LogP) is 1.67. The molecule has 134 valence electrons. The molecule has 0 spiro atoms. The van der Waals surface area contributed by atoms with Crippen molar-refractivity contribution in [2.75, 3.05) is 5.32 Å². The van der Waals surface area contributed by atoms with E-state index in [1.165, 1.54) is 30.3 Å². The van der Waals surface area contributed by atoms with Crippen LogP contribution in [0.3, 0.4) is 0 Å². The summed E-state index contributed by atoms with van der Waals surface area (Å²) >= 11 is 5.80. The fourth-order valence-corrected chi connectivity index (χ4v) is 3.85. The van der Waals surface area contributed by atoms with Gasteiger partial charge in [0.05, 0.1) is 15.8 Å². The summed E-state index contributed by atoms with van der Waals surface area (Å²) in [5.74, 6) is 0. The first-order valence-electron chi connectivity index (χ1n) is 7.00. The van der Waals surface area contributed by atoms with E-state index in [-0.39, 0.29) is 25.6 Å². The van der Waals surface area contributed by atoms with Gasteiger partial charge in [0.25, 0.3) is 15.6 Å². The Labute approximate surface area is 150 Å². The van der Waals surface area contributed by atoms with E-state index in [1.54, 1.807) is 0 Å². The molecule has 1 aromatic heterocycles. The Hall–Kier alpha value is -3.11. The smallest absolute Gasteiger partial charge is 0.409 e. The Bertz CT molecular complexity index is 1260. The van der Waals surface area contributed by atoms with E-state index in [2.05, 4.69) is 4.98 Å². The van der Waals surface area contributed by atoms with E-state index in [9.17, 15) is 22.8 Å². The Morgan fingerprint density at radius 3 is 2.58 bits per heavy atom. The highest BCUT2D eigenvalue weighted by molar-refractivity contribution is 7.90. The Morgan fingerprint density at radius 2 is 1.88 bits per heavy atom. The lowest BCUT2D eigenvalue weighted by molar-refractivity contribution is 0.209. The van der Waals surface area contributed by atoms with Gasteiger partial charge in [0, 0.05) is 10.7 Å². The van der Waals surface area contributed by atoms with Crippen molar-refractivity contribution in [1.82, 2.24) is 8.96 Å². The molecule has 3 rings (SSSR count). The number of rotatable bonds is 3. The van der Waals surface area contributed by atoms with Crippen molar-refractivity contribution in [3.63, 3.8) is 0 Å². The van der Waals surface area contributed by atoms with Crippen LogP contribution in [0, 0.1) is 0 Å². The van der Waals surface area contributed by atoms with Crippen molar-refractivity contribution in [2.45, 2.75) is 4.90 Å². The zero-order valence-corrected chi connectivity index (χ0v) is 14.3. The summed E-state index contributed by atoms with van der Waals surface area (Å²) in [5.41, 5.74) is -2.14. The summed E-state index contributed by atoms with van der Waals surface area (Å²) in [6.45, 7) is 0. The average molecular weight is 396 g/mol. The SMILES string of the molecule is O=C(O)Nc1cccc(S(=O)(=O)n2c(=O)[nH]c3cc(Cl)ccc3c2=O)c1. The normalized spacial score (nSPS) is 11.4. The zero-order valence-electron chi connectivity index (χ0n) is 12.8. The molecule has 0 saturated heterocycles. The molecule has 0 fully saturated rings. The van der Waals surface area contributed by atoms with Gasteiger partial charge in [-0.3, -0.25) is 10.1 Å². The quantitative estimate of drug-likeness (QED) is 0.616. The molecule has 0 atom stereocenters. The number of carbonyl (C=O) groups is 1. The number of fused-ring (bicyclic) bond motifs is 1. The van der Waals surface area contributed by atoms with Gasteiger partial charge in [0.15, 0.2) is 0 Å². The third kappa shape index (κ3) is 3.07. The first kappa shape index (κ1) is 17.7. The number of aromatic amines is 1. The molecule has 1 amide bonds. The van der Waals surface area contributed by atoms with Crippen LogP contribution in [0.15, 0.2) is 56.9 Å². The number of aromatic nitrogens is 2. The number of H-pyrrole nitrogens is 1. The topological polar surface area (TPSA) is 138 Å². The summed E-state index contributed by atoms with van der Waals surface area (Å²) in [6.07, 6.45) is -1.39. The molecule has 0 aliphatic heterocycles. The van der Waals surface area contributed by atoms with Crippen molar-refractivity contribution >= 4 is 44.3 Å². The molecular weight excluding hydrogens is 386 g/mol. The van der Waals surface area contributed by atoms with Crippen LogP contribution in [0.25, 0.3) is 10.9 Å². The number of nitrogens with zero attached hydrogens (tertiary/aromatic N) is 1. The number of halogens is 1. The van der Waals surface area contributed by atoms with E-state index in [0.717, 1.165) is 12.1 Å². The molecule has 3 aromatic rings. The second-order valence-corrected chi connectivity index (χ2v) is 7.38. The number of hydrogen-bond donors (Lipinski definition) is 3. The number of amides is 1. The fraction of sp³-hybridized carbons (Fsp3) is 0. The third-order valence-corrected chi connectivity index (χ3v) is 5.34. The maximum atomic E-state index is 12.8. The van der Waals surface area contributed by atoms with Gasteiger partial charge in [0.2, 0.25) is 0 Å². The monoisotopic (exact) mass is 395 g/mol. The Kier molecular flexibility index (Phi) is 4.30. The molecule has 26 heavy (non-hydrogen) atoms. The van der Waals surface area contributed by atoms with Gasteiger partial charge in [-0.25, -0.2) is 18.0 Å². The highest BCUT2D eigenvalue weighted by Crippen LogP contribution is 2.18. The molecule has 11 heteroatoms. The van der Waals surface area contributed by atoms with Crippen molar-refractivity contribution in [2.24, 2.45) is 0 Å². The molecule has 1 heterocycles. The largest absolute Gasteiger partial charge is 0.465 e. The number of anilines is 1. The standard InChI is InChI=1S/C15H10ClN3O6S/c16-8-4-5-11-12(6-8)18-14(21)19(13(11)20)26(24,25)10-3-1-2-9(7-10)17-15(22)23/h1-7,17H,(H,18,21)(H,22,23). The lowest BCUT2D eigenvalue weighted by atomic mass is 10.2. The molecule has 3 N–H and O–H groups in total. The first-order valence-corrected chi connectivity index (χ1v) is 8.82. The van der Waals surface area contributed by atoms with Crippen LogP contribution in [-0.2, 0) is 10.0 Å². The van der Waals surface area contributed by atoms with Crippen LogP contribution in [0.2, 0.25) is 5.02 Å². The van der Waals surface area contributed by atoms with Crippen LogP contribution in [-0.4, -0.2) is 28.6 Å². The number of benzene rings is 2. The molecule has 0 aliphatic rings. The van der Waals surface area contributed by atoms with Gasteiger partial charge in [0.1, 0.15) is 0 Å². The zero-order chi connectivity index (χ0) is 19.1. The predicted molar refractivity (Wildman–Crippen MR) is 94.5 cm³/mol. The molecular formula is C15H10ClN3O6S. The number of hydrogen-bond acceptors (Lipinski definition) is 5. The molecule has 0 bridgehead atoms. The highest BCUT2D eigenvalue weighted by atomic mass is 35.5. The van der Waals surface area contributed by atoms with E-state index >= 15 is 0 Å². The average Bonchev–Trinajstić information content (AvgIpc) is 2.53. The van der Waals surface area contributed by atoms with E-state index in [1.807, 2.05) is 5.32 Å². The second-order valence-electron chi connectivity index (χ2n) is 5.15. The maximum absolute atomic E-state index is 12.8. The summed E-state index contributed by atoms with van der Waals surface area (Å²) < 4.78 is 25.6. The van der Waals surface area contributed by atoms with Crippen molar-refractivity contribution in [3.05, 3.63) is 68.3 Å². The van der Waals surface area contributed by atoms with Crippen LogP contribution < -0.4 is 16.6 Å². The minimum atomic E-state index is -4.57. The second kappa shape index (κ2) is 6.32. The van der Waals surface area contributed by atoms with Gasteiger partial charge in [-0.2, -0.15) is 0 Å². The first-order chi connectivity index (χ1) is 12.2. The Balaban J connectivity index is 2.26. The summed E-state index contributed by atoms with van der Waals surface area (Å²) in [7, 11) is -4.57. The van der Waals surface area contributed by atoms with Gasteiger partial charge in [-0.05, 0) is 36.4 Å². The maximum Gasteiger partial charge on any atom is 0.409 e. The molecule has 0 unspecified atom stereocenters. The number of nitrogens with one attached hydrogen (secondary N) is 2. The highest BCUT2D eigenvalue weighted by Gasteiger charge is 2.23. The van der Waals surface area contributed by atoms with E-state index in [0.29, 0.717) is 0 Å². The summed E-state index contributed by atoms with van der Waals surface area (Å²) in [4.78, 5) is 37.3. The van der Waals surface area contributed by atoms with Crippen LogP contribution in [0.5, 0.6) is 0 Å². The van der Waals surface area contributed by atoms with Crippen LogP contribution >= 0.6 is 11.6 Å². The molecule has 0 aliphatic carbocycles. The lowest BCUT2D eigenvalue weighted by Crippen LogP contribution is -2.40. The summed E-state index contributed by atoms with van der Waals surface area (Å²) in [6, 6.07) is 8.75. The van der Waals surface area contributed by atoms with Crippen LogP contribution in [0.4, 0.5) is 10.5 Å². The minimum absolute atomic E-state index is 0.0318. The van der Waals surface area contributed by atoms with Crippen LogP contribution in [0.1, 0.15) is 0 Å². The van der Waals surface area contributed by atoms with Crippen molar-refractivity contribution in [3.8, 4) is 0 Å². The molecule has 0 saturated carbocycles. The third-order valence-electron chi connectivity index (χ3n) is 3.45. The lowest BCUT2D eigenvalue weighted by Gasteiger charge is -2.09. The molecule has 0 radical (unpaired) electrons. The van der Waals surface area contributed by atoms with Gasteiger partial charge in [-0.15, -0.1) is 3.97 Å². The minimum Gasteiger partial charge on any atom is -0.465 e. The number of carboxylic acid groups (broad SMARTS) is 1. The molecule has 2 aromatic carbocycles. The summed E-state index contributed by atoms with van der Waals surface area (Å²) in [5, 5.41) is 10.9. The van der Waals surface area contributed by atoms with E-state index in [4.69, 9.17) is 16.7 Å². The van der Waals surface area contributed by atoms with Crippen molar-refractivity contribution < 1.29 is 18.3 Å². The van der Waals surface area contributed by atoms with Gasteiger partial charge < -0.3 is 10.1 Å². The van der Waals surface area contributed by atoms with Gasteiger partial charge in [-0.1, -0.05) is 17.7 Å². The van der Waals surface area contributed by atoms with Gasteiger partial charge >= 0.3 is 11.8 Å². The van der Waals surface area contributed by atoms with E-state index < -0.39 is 32.3 Å². The van der Waals surface area contributed by atoms with Crippen molar-refractivity contribution in [1.29, 1.82) is 0 Å². The fourth-order valence-electron chi connectivity index (χ4n) is 2.36. The molecule has 9 nitrogen and oxygen atoms in total. The Morgan fingerprint density at radius 1 is 1.15 bits per heavy atom.